The van der Waals surface area contributed by atoms with Gasteiger partial charge in [0.05, 0.1) is 0 Å². The molecule has 0 saturated carbocycles. The Morgan fingerprint density at radius 1 is 1.05 bits per heavy atom. The van der Waals surface area contributed by atoms with E-state index in [9.17, 15) is 9.59 Å². The lowest BCUT2D eigenvalue weighted by molar-refractivity contribution is -0.160. The van der Waals surface area contributed by atoms with E-state index in [-0.39, 0.29) is 18.8 Å². The quantitative estimate of drug-likeness (QED) is 0.838. The van der Waals surface area contributed by atoms with E-state index in [1.807, 2.05) is 42.5 Å². The number of allylic oxidation sites excluding steroid dienone is 4. The van der Waals surface area contributed by atoms with E-state index in [2.05, 4.69) is 0 Å². The van der Waals surface area contributed by atoms with Gasteiger partial charge in [0.25, 0.3) is 0 Å². The zero-order chi connectivity index (χ0) is 14.6. The van der Waals surface area contributed by atoms with Gasteiger partial charge in [-0.15, -0.1) is 12.4 Å². The van der Waals surface area contributed by atoms with Gasteiger partial charge in [-0.1, -0.05) is 60.7 Å². The van der Waals surface area contributed by atoms with Crippen molar-refractivity contribution in [2.45, 2.75) is 6.42 Å². The van der Waals surface area contributed by atoms with Crippen molar-refractivity contribution in [1.82, 2.24) is 0 Å². The van der Waals surface area contributed by atoms with Gasteiger partial charge in [-0.2, -0.15) is 0 Å². The summed E-state index contributed by atoms with van der Waals surface area (Å²) in [5, 5.41) is 18.1. The smallest absolute Gasteiger partial charge is 0.325 e. The molecule has 21 heavy (non-hydrogen) atoms. The zero-order valence-electron chi connectivity index (χ0n) is 11.1. The number of aliphatic carboxylic acids is 2. The number of benzene rings is 1. The molecule has 1 aliphatic carbocycles. The van der Waals surface area contributed by atoms with Gasteiger partial charge in [-0.25, -0.2) is 0 Å². The van der Waals surface area contributed by atoms with Crippen molar-refractivity contribution in [3.8, 4) is 0 Å². The van der Waals surface area contributed by atoms with Crippen LogP contribution >= 0.6 is 12.4 Å². The average Bonchev–Trinajstić information content (AvgIpc) is 2.46. The molecule has 4 nitrogen and oxygen atoms in total. The Labute approximate surface area is 128 Å². The van der Waals surface area contributed by atoms with Crippen LogP contribution in [0, 0.1) is 5.41 Å². The summed E-state index contributed by atoms with van der Waals surface area (Å²) in [6, 6.07) is 9.66. The summed E-state index contributed by atoms with van der Waals surface area (Å²) >= 11 is 0. The van der Waals surface area contributed by atoms with Gasteiger partial charge in [0, 0.05) is 0 Å². The summed E-state index contributed by atoms with van der Waals surface area (Å²) in [6.07, 6.45) is 8.07. The molecule has 0 radical (unpaired) electrons. The van der Waals surface area contributed by atoms with E-state index in [4.69, 9.17) is 10.2 Å². The molecule has 0 amide bonds. The van der Waals surface area contributed by atoms with Crippen LogP contribution in [-0.2, 0) is 9.59 Å². The van der Waals surface area contributed by atoms with Crippen molar-refractivity contribution in [1.29, 1.82) is 0 Å². The lowest BCUT2D eigenvalue weighted by Crippen LogP contribution is -2.38. The fourth-order valence-electron chi connectivity index (χ4n) is 1.94. The van der Waals surface area contributed by atoms with E-state index in [1.165, 1.54) is 12.2 Å². The molecule has 110 valence electrons. The predicted octanol–water partition coefficient (Wildman–Crippen LogP) is 3.16. The third-order valence-electron chi connectivity index (χ3n) is 3.25. The summed E-state index contributed by atoms with van der Waals surface area (Å²) in [4.78, 5) is 22.2. The van der Waals surface area contributed by atoms with E-state index in [1.54, 1.807) is 6.08 Å². The van der Waals surface area contributed by atoms with Crippen molar-refractivity contribution >= 4 is 30.4 Å². The topological polar surface area (TPSA) is 74.6 Å². The van der Waals surface area contributed by atoms with Gasteiger partial charge in [0.2, 0.25) is 0 Å². The molecule has 0 atom stereocenters. The number of carboxylic acids is 2. The molecule has 0 fully saturated rings. The van der Waals surface area contributed by atoms with Gasteiger partial charge < -0.3 is 10.2 Å². The van der Waals surface area contributed by atoms with Gasteiger partial charge >= 0.3 is 11.9 Å². The molecule has 2 rings (SSSR count). The molecule has 0 aromatic heterocycles. The summed E-state index contributed by atoms with van der Waals surface area (Å²) in [5.74, 6) is -2.69. The normalized spacial score (nSPS) is 16.1. The van der Waals surface area contributed by atoms with Crippen LogP contribution in [0.3, 0.4) is 0 Å². The van der Waals surface area contributed by atoms with Gasteiger partial charge in [0.15, 0.2) is 5.41 Å². The SMILES string of the molecule is Cl.O=C(O)C1(C(=O)O)C=CC(C=Cc2ccccc2)=CC1. The summed E-state index contributed by atoms with van der Waals surface area (Å²) < 4.78 is 0. The Morgan fingerprint density at radius 2 is 1.67 bits per heavy atom. The fraction of sp³-hybridized carbons (Fsp3) is 0.125. The maximum atomic E-state index is 11.1. The highest BCUT2D eigenvalue weighted by atomic mass is 35.5. The Morgan fingerprint density at radius 3 is 2.14 bits per heavy atom. The summed E-state index contributed by atoms with van der Waals surface area (Å²) in [6.45, 7) is 0. The van der Waals surface area contributed by atoms with Crippen LogP contribution in [0.4, 0.5) is 0 Å². The van der Waals surface area contributed by atoms with Gasteiger partial charge in [-0.3, -0.25) is 9.59 Å². The lowest BCUT2D eigenvalue weighted by atomic mass is 9.80. The molecule has 2 N–H and O–H groups in total. The van der Waals surface area contributed by atoms with Crippen LogP contribution in [-0.4, -0.2) is 22.2 Å². The first-order chi connectivity index (χ1) is 9.54. The highest BCUT2D eigenvalue weighted by Crippen LogP contribution is 2.31. The van der Waals surface area contributed by atoms with E-state index in [0.717, 1.165) is 11.1 Å². The van der Waals surface area contributed by atoms with Crippen LogP contribution in [0.25, 0.3) is 6.08 Å². The minimum Gasteiger partial charge on any atom is -0.480 e. The van der Waals surface area contributed by atoms with Gasteiger partial charge in [-0.05, 0) is 17.6 Å². The standard InChI is InChI=1S/C16H14O4.ClH/c17-14(18)16(15(19)20)10-8-13(9-11-16)7-6-12-4-2-1-3-5-12;/h1-10H,11H2,(H,17,18)(H,19,20);1H. The van der Waals surface area contributed by atoms with Crippen molar-refractivity contribution in [2.75, 3.05) is 0 Å². The number of halogens is 1. The summed E-state index contributed by atoms with van der Waals surface area (Å²) in [7, 11) is 0. The largest absolute Gasteiger partial charge is 0.480 e. The Hall–Kier alpha value is -2.33. The lowest BCUT2D eigenvalue weighted by Gasteiger charge is -2.22. The molecule has 0 bridgehead atoms. The molecule has 5 heteroatoms. The van der Waals surface area contributed by atoms with Crippen LogP contribution in [0.1, 0.15) is 12.0 Å². The third kappa shape index (κ3) is 3.61. The number of carbonyl (C=O) groups is 2. The molecule has 0 spiro atoms. The zero-order valence-corrected chi connectivity index (χ0v) is 11.9. The first-order valence-electron chi connectivity index (χ1n) is 6.14. The number of rotatable bonds is 4. The maximum absolute atomic E-state index is 11.1. The second-order valence-electron chi connectivity index (χ2n) is 4.57. The average molecular weight is 307 g/mol. The van der Waals surface area contributed by atoms with Crippen LogP contribution < -0.4 is 0 Å². The minimum absolute atomic E-state index is 0. The molecule has 1 aliphatic rings. The van der Waals surface area contributed by atoms with Crippen LogP contribution in [0.2, 0.25) is 0 Å². The monoisotopic (exact) mass is 306 g/mol. The van der Waals surface area contributed by atoms with Gasteiger partial charge in [0.1, 0.15) is 0 Å². The molecule has 0 unspecified atom stereocenters. The van der Waals surface area contributed by atoms with E-state index >= 15 is 0 Å². The Balaban J connectivity index is 0.00000220. The van der Waals surface area contributed by atoms with Crippen molar-refractivity contribution in [2.24, 2.45) is 5.41 Å². The molecular formula is C16H15ClO4. The van der Waals surface area contributed by atoms with Crippen molar-refractivity contribution < 1.29 is 19.8 Å². The summed E-state index contributed by atoms with van der Waals surface area (Å²) in [5.41, 5.74) is -0.0218. The van der Waals surface area contributed by atoms with Crippen LogP contribution in [0.5, 0.6) is 0 Å². The predicted molar refractivity (Wildman–Crippen MR) is 82.3 cm³/mol. The Bertz CT molecular complexity index is 600. The highest BCUT2D eigenvalue weighted by Gasteiger charge is 2.44. The first kappa shape index (κ1) is 16.7. The molecule has 0 aliphatic heterocycles. The molecule has 0 saturated heterocycles. The maximum Gasteiger partial charge on any atom is 0.325 e. The fourth-order valence-corrected chi connectivity index (χ4v) is 1.94. The first-order valence-corrected chi connectivity index (χ1v) is 6.14. The molecular weight excluding hydrogens is 292 g/mol. The van der Waals surface area contributed by atoms with E-state index in [0.29, 0.717) is 0 Å². The Kier molecular flexibility index (Phi) is 5.50. The molecule has 0 heterocycles. The second-order valence-corrected chi connectivity index (χ2v) is 4.57. The second kappa shape index (κ2) is 6.90. The van der Waals surface area contributed by atoms with Crippen LogP contribution in [0.15, 0.2) is 60.2 Å². The number of hydrogen-bond acceptors (Lipinski definition) is 2. The minimum atomic E-state index is -1.84. The molecule has 1 aromatic rings. The number of carboxylic acid groups (broad SMARTS) is 2. The van der Waals surface area contributed by atoms with Crippen molar-refractivity contribution in [3.63, 3.8) is 0 Å². The van der Waals surface area contributed by atoms with Crippen molar-refractivity contribution in [3.05, 3.63) is 65.8 Å². The third-order valence-corrected chi connectivity index (χ3v) is 3.25. The molecule has 1 aromatic carbocycles. The number of hydrogen-bond donors (Lipinski definition) is 2. The van der Waals surface area contributed by atoms with E-state index < -0.39 is 17.4 Å². The highest BCUT2D eigenvalue weighted by molar-refractivity contribution is 6.01.